The summed E-state index contributed by atoms with van der Waals surface area (Å²) in [7, 11) is 0. The second kappa shape index (κ2) is 6.67. The van der Waals surface area contributed by atoms with Gasteiger partial charge in [-0.1, -0.05) is 13.3 Å². The van der Waals surface area contributed by atoms with E-state index in [-0.39, 0.29) is 6.03 Å². The molecule has 1 saturated heterocycles. The van der Waals surface area contributed by atoms with E-state index in [1.807, 2.05) is 18.7 Å². The monoisotopic (exact) mass is 296 g/mol. The molecule has 1 aliphatic heterocycles. The molecule has 2 amide bonds. The number of nitrogens with zero attached hydrogens (tertiary/aromatic N) is 2. The Bertz CT molecular complexity index is 395. The Balaban J connectivity index is 2.01. The Hall–Kier alpha value is -1.26. The molecule has 120 valence electrons. The van der Waals surface area contributed by atoms with Gasteiger partial charge in [-0.25, -0.2) is 4.79 Å². The summed E-state index contributed by atoms with van der Waals surface area (Å²) >= 11 is 0. The van der Waals surface area contributed by atoms with E-state index >= 15 is 0 Å². The van der Waals surface area contributed by atoms with E-state index in [4.69, 9.17) is 0 Å². The van der Waals surface area contributed by atoms with Crippen molar-refractivity contribution in [2.24, 2.45) is 11.3 Å². The predicted molar refractivity (Wildman–Crippen MR) is 81.2 cm³/mol. The SMILES string of the molecule is CCN(CC1CCC1)C(=O)N1CCCC(CC)(C(=O)O)C1. The fourth-order valence-electron chi connectivity index (χ4n) is 3.44. The molecule has 2 rings (SSSR count). The molecule has 1 N–H and O–H groups in total. The van der Waals surface area contributed by atoms with E-state index in [1.165, 1.54) is 19.3 Å². The van der Waals surface area contributed by atoms with Gasteiger partial charge in [0.05, 0.1) is 5.41 Å². The average molecular weight is 296 g/mol. The number of hydrogen-bond donors (Lipinski definition) is 1. The van der Waals surface area contributed by atoms with Gasteiger partial charge < -0.3 is 14.9 Å². The quantitative estimate of drug-likeness (QED) is 0.848. The normalized spacial score (nSPS) is 26.3. The zero-order chi connectivity index (χ0) is 15.5. The molecule has 0 spiro atoms. The highest BCUT2D eigenvalue weighted by molar-refractivity contribution is 5.78. The lowest BCUT2D eigenvalue weighted by Gasteiger charge is -2.42. The molecule has 21 heavy (non-hydrogen) atoms. The van der Waals surface area contributed by atoms with Crippen LogP contribution in [0.4, 0.5) is 4.79 Å². The van der Waals surface area contributed by atoms with Gasteiger partial charge in [0.2, 0.25) is 0 Å². The van der Waals surface area contributed by atoms with Gasteiger partial charge in [0.15, 0.2) is 0 Å². The molecule has 0 aromatic rings. The molecule has 1 saturated carbocycles. The summed E-state index contributed by atoms with van der Waals surface area (Å²) < 4.78 is 0. The lowest BCUT2D eigenvalue weighted by molar-refractivity contribution is -0.152. The summed E-state index contributed by atoms with van der Waals surface area (Å²) in [5.74, 6) is -0.112. The van der Waals surface area contributed by atoms with Crippen LogP contribution in [0.3, 0.4) is 0 Å². The predicted octanol–water partition coefficient (Wildman–Crippen LogP) is 2.81. The smallest absolute Gasteiger partial charge is 0.320 e. The first kappa shape index (κ1) is 16.1. The second-order valence-corrected chi connectivity index (χ2v) is 6.58. The molecule has 1 heterocycles. The number of carboxylic acids is 1. The maximum absolute atomic E-state index is 12.7. The molecule has 1 atom stereocenters. The Morgan fingerprint density at radius 3 is 2.48 bits per heavy atom. The topological polar surface area (TPSA) is 60.9 Å². The standard InChI is InChI=1S/C16H28N2O3/c1-3-16(14(19)20)9-6-10-18(12-16)15(21)17(4-2)11-13-7-5-8-13/h13H,3-12H2,1-2H3,(H,19,20). The van der Waals surface area contributed by atoms with Crippen LogP contribution in [-0.4, -0.2) is 53.1 Å². The van der Waals surface area contributed by atoms with Crippen LogP contribution in [0.5, 0.6) is 0 Å². The highest BCUT2D eigenvalue weighted by Gasteiger charge is 2.42. The van der Waals surface area contributed by atoms with Crippen LogP contribution in [-0.2, 0) is 4.79 Å². The zero-order valence-electron chi connectivity index (χ0n) is 13.3. The molecular formula is C16H28N2O3. The summed E-state index contributed by atoms with van der Waals surface area (Å²) in [6.07, 6.45) is 5.76. The first-order valence-corrected chi connectivity index (χ1v) is 8.29. The third-order valence-corrected chi connectivity index (χ3v) is 5.33. The number of likely N-dealkylation sites (tertiary alicyclic amines) is 1. The largest absolute Gasteiger partial charge is 0.481 e. The Morgan fingerprint density at radius 1 is 1.29 bits per heavy atom. The molecular weight excluding hydrogens is 268 g/mol. The summed E-state index contributed by atoms with van der Waals surface area (Å²) in [6, 6.07) is 0.0307. The van der Waals surface area contributed by atoms with Crippen LogP contribution < -0.4 is 0 Å². The van der Waals surface area contributed by atoms with Gasteiger partial charge in [-0.3, -0.25) is 4.79 Å². The summed E-state index contributed by atoms with van der Waals surface area (Å²) in [5.41, 5.74) is -0.746. The molecule has 0 aromatic heterocycles. The minimum Gasteiger partial charge on any atom is -0.481 e. The first-order chi connectivity index (χ1) is 10.0. The van der Waals surface area contributed by atoms with E-state index in [1.54, 1.807) is 4.90 Å². The molecule has 1 aliphatic carbocycles. The van der Waals surface area contributed by atoms with E-state index < -0.39 is 11.4 Å². The van der Waals surface area contributed by atoms with Crippen molar-refractivity contribution < 1.29 is 14.7 Å². The van der Waals surface area contributed by atoms with Crippen molar-refractivity contribution in [1.29, 1.82) is 0 Å². The van der Waals surface area contributed by atoms with Crippen molar-refractivity contribution in [3.63, 3.8) is 0 Å². The second-order valence-electron chi connectivity index (χ2n) is 6.58. The minimum absolute atomic E-state index is 0.0307. The van der Waals surface area contributed by atoms with Crippen LogP contribution in [0.25, 0.3) is 0 Å². The number of amides is 2. The Kier molecular flexibility index (Phi) is 5.12. The summed E-state index contributed by atoms with van der Waals surface area (Å²) in [6.45, 7) is 6.50. The third kappa shape index (κ3) is 3.33. The number of carbonyl (C=O) groups excluding carboxylic acids is 1. The van der Waals surface area contributed by atoms with Gasteiger partial charge in [0, 0.05) is 26.2 Å². The molecule has 0 bridgehead atoms. The van der Waals surface area contributed by atoms with Crippen LogP contribution in [0.2, 0.25) is 0 Å². The Morgan fingerprint density at radius 2 is 2.00 bits per heavy atom. The van der Waals surface area contributed by atoms with Crippen molar-refractivity contribution in [3.8, 4) is 0 Å². The van der Waals surface area contributed by atoms with Crippen LogP contribution in [0.1, 0.15) is 52.4 Å². The highest BCUT2D eigenvalue weighted by atomic mass is 16.4. The highest BCUT2D eigenvalue weighted by Crippen LogP contribution is 2.34. The van der Waals surface area contributed by atoms with Gasteiger partial charge in [-0.2, -0.15) is 0 Å². The van der Waals surface area contributed by atoms with Crippen molar-refractivity contribution in [2.75, 3.05) is 26.2 Å². The van der Waals surface area contributed by atoms with Gasteiger partial charge >= 0.3 is 12.0 Å². The fourth-order valence-corrected chi connectivity index (χ4v) is 3.44. The first-order valence-electron chi connectivity index (χ1n) is 8.29. The lowest BCUT2D eigenvalue weighted by atomic mass is 9.78. The van der Waals surface area contributed by atoms with Crippen molar-refractivity contribution in [1.82, 2.24) is 9.80 Å². The fraction of sp³-hybridized carbons (Fsp3) is 0.875. The van der Waals surface area contributed by atoms with Crippen LogP contribution >= 0.6 is 0 Å². The van der Waals surface area contributed by atoms with E-state index in [0.29, 0.717) is 38.4 Å². The van der Waals surface area contributed by atoms with E-state index in [0.717, 1.165) is 13.0 Å². The van der Waals surface area contributed by atoms with Crippen molar-refractivity contribution >= 4 is 12.0 Å². The van der Waals surface area contributed by atoms with E-state index in [9.17, 15) is 14.7 Å². The number of urea groups is 1. The minimum atomic E-state index is -0.760. The number of aliphatic carboxylic acids is 1. The van der Waals surface area contributed by atoms with Crippen LogP contribution in [0, 0.1) is 11.3 Å². The number of piperidine rings is 1. The van der Waals surface area contributed by atoms with Crippen molar-refractivity contribution in [3.05, 3.63) is 0 Å². The molecule has 2 fully saturated rings. The maximum Gasteiger partial charge on any atom is 0.320 e. The summed E-state index contributed by atoms with van der Waals surface area (Å²) in [4.78, 5) is 28.0. The summed E-state index contributed by atoms with van der Waals surface area (Å²) in [5, 5.41) is 9.53. The van der Waals surface area contributed by atoms with Gasteiger partial charge in [-0.15, -0.1) is 0 Å². The zero-order valence-corrected chi connectivity index (χ0v) is 13.3. The number of carbonyl (C=O) groups is 2. The van der Waals surface area contributed by atoms with Crippen LogP contribution in [0.15, 0.2) is 0 Å². The molecule has 5 nitrogen and oxygen atoms in total. The molecule has 2 aliphatic rings. The molecule has 1 unspecified atom stereocenters. The van der Waals surface area contributed by atoms with E-state index in [2.05, 4.69) is 0 Å². The number of carboxylic acid groups (broad SMARTS) is 1. The van der Waals surface area contributed by atoms with Gasteiger partial charge in [0.1, 0.15) is 0 Å². The molecule has 0 radical (unpaired) electrons. The maximum atomic E-state index is 12.7. The van der Waals surface area contributed by atoms with Gasteiger partial charge in [0.25, 0.3) is 0 Å². The lowest BCUT2D eigenvalue weighted by Crippen LogP contribution is -2.54. The van der Waals surface area contributed by atoms with Crippen molar-refractivity contribution in [2.45, 2.75) is 52.4 Å². The average Bonchev–Trinajstić information content (AvgIpc) is 2.45. The third-order valence-electron chi connectivity index (χ3n) is 5.33. The molecule has 0 aromatic carbocycles. The number of rotatable bonds is 5. The number of hydrogen-bond acceptors (Lipinski definition) is 2. The van der Waals surface area contributed by atoms with Gasteiger partial charge in [-0.05, 0) is 44.9 Å². The molecule has 5 heteroatoms. The Labute approximate surface area is 127 Å².